The van der Waals surface area contributed by atoms with E-state index in [1.165, 1.54) is 0 Å². The molecule has 0 aliphatic heterocycles. The van der Waals surface area contributed by atoms with E-state index in [1.807, 2.05) is 19.2 Å². The topological polar surface area (TPSA) is 58.7 Å². The molecular formula is C14H24N2O2. The summed E-state index contributed by atoms with van der Waals surface area (Å²) in [6, 6.07) is 7.70. The third-order valence-corrected chi connectivity index (χ3v) is 3.14. The molecule has 2 atom stereocenters. The van der Waals surface area contributed by atoms with E-state index in [1.54, 1.807) is 12.1 Å². The Bertz CT molecular complexity index is 357. The first-order valence-corrected chi connectivity index (χ1v) is 6.39. The van der Waals surface area contributed by atoms with Crippen LogP contribution in [-0.2, 0) is 0 Å². The van der Waals surface area contributed by atoms with Crippen LogP contribution in [0.25, 0.3) is 0 Å². The summed E-state index contributed by atoms with van der Waals surface area (Å²) < 4.78 is 5.51. The first-order valence-electron chi connectivity index (χ1n) is 6.39. The fraction of sp³-hybridized carbons (Fsp3) is 0.571. The molecule has 2 unspecified atom stereocenters. The quantitative estimate of drug-likeness (QED) is 0.726. The SMILES string of the molecule is CCC(C)N(C)CC(O)COc1cccc(N)c1. The average Bonchev–Trinajstić information content (AvgIpc) is 2.35. The predicted octanol–water partition coefficient (Wildman–Crippen LogP) is 1.74. The number of anilines is 1. The standard InChI is InChI=1S/C14H24N2O2/c1-4-11(2)16(3)9-13(17)10-18-14-7-5-6-12(15)8-14/h5-8,11,13,17H,4,9-10,15H2,1-3H3. The number of ether oxygens (including phenoxy) is 1. The molecular weight excluding hydrogens is 228 g/mol. The first kappa shape index (κ1) is 14.8. The number of benzene rings is 1. The number of rotatable bonds is 7. The van der Waals surface area contributed by atoms with Gasteiger partial charge in [-0.3, -0.25) is 0 Å². The van der Waals surface area contributed by atoms with Gasteiger partial charge in [0.05, 0.1) is 0 Å². The molecule has 102 valence electrons. The predicted molar refractivity (Wildman–Crippen MR) is 74.7 cm³/mol. The van der Waals surface area contributed by atoms with E-state index >= 15 is 0 Å². The van der Waals surface area contributed by atoms with Gasteiger partial charge in [0.15, 0.2) is 0 Å². The summed E-state index contributed by atoms with van der Waals surface area (Å²) in [5, 5.41) is 9.90. The lowest BCUT2D eigenvalue weighted by Crippen LogP contribution is -2.38. The second-order valence-electron chi connectivity index (χ2n) is 4.73. The van der Waals surface area contributed by atoms with Crippen molar-refractivity contribution in [3.8, 4) is 5.75 Å². The molecule has 18 heavy (non-hydrogen) atoms. The number of aliphatic hydroxyl groups excluding tert-OH is 1. The van der Waals surface area contributed by atoms with E-state index < -0.39 is 6.10 Å². The van der Waals surface area contributed by atoms with Crippen molar-refractivity contribution in [3.05, 3.63) is 24.3 Å². The van der Waals surface area contributed by atoms with Crippen molar-refractivity contribution in [3.63, 3.8) is 0 Å². The summed E-state index contributed by atoms with van der Waals surface area (Å²) in [5.41, 5.74) is 6.32. The largest absolute Gasteiger partial charge is 0.491 e. The van der Waals surface area contributed by atoms with E-state index in [2.05, 4.69) is 18.7 Å². The monoisotopic (exact) mass is 252 g/mol. The van der Waals surface area contributed by atoms with Gasteiger partial charge in [0.1, 0.15) is 18.5 Å². The van der Waals surface area contributed by atoms with Crippen molar-refractivity contribution in [2.45, 2.75) is 32.4 Å². The Morgan fingerprint density at radius 3 is 2.78 bits per heavy atom. The number of likely N-dealkylation sites (N-methyl/N-ethyl adjacent to an activating group) is 1. The summed E-state index contributed by atoms with van der Waals surface area (Å²) in [6.45, 7) is 5.17. The summed E-state index contributed by atoms with van der Waals surface area (Å²) in [7, 11) is 2.01. The Morgan fingerprint density at radius 1 is 1.44 bits per heavy atom. The van der Waals surface area contributed by atoms with Crippen LogP contribution in [0, 0.1) is 0 Å². The van der Waals surface area contributed by atoms with E-state index in [0.717, 1.165) is 6.42 Å². The Kier molecular flexibility index (Phi) is 5.95. The fourth-order valence-electron chi connectivity index (χ4n) is 1.67. The Labute approximate surface area is 109 Å². The zero-order valence-corrected chi connectivity index (χ0v) is 11.5. The van der Waals surface area contributed by atoms with Gasteiger partial charge >= 0.3 is 0 Å². The number of nitrogens with zero attached hydrogens (tertiary/aromatic N) is 1. The molecule has 0 saturated heterocycles. The molecule has 4 heteroatoms. The zero-order chi connectivity index (χ0) is 13.5. The maximum Gasteiger partial charge on any atom is 0.121 e. The van der Waals surface area contributed by atoms with Gasteiger partial charge in [-0.15, -0.1) is 0 Å². The molecule has 0 radical (unpaired) electrons. The van der Waals surface area contributed by atoms with Crippen LogP contribution in [0.5, 0.6) is 5.75 Å². The highest BCUT2D eigenvalue weighted by molar-refractivity contribution is 5.43. The first-order chi connectivity index (χ1) is 8.52. The third kappa shape index (κ3) is 4.94. The van der Waals surface area contributed by atoms with Crippen LogP contribution in [-0.4, -0.2) is 42.4 Å². The van der Waals surface area contributed by atoms with Crippen LogP contribution in [0.15, 0.2) is 24.3 Å². The molecule has 0 spiro atoms. The van der Waals surface area contributed by atoms with E-state index in [4.69, 9.17) is 10.5 Å². The van der Waals surface area contributed by atoms with Crippen molar-refractivity contribution in [2.75, 3.05) is 25.9 Å². The molecule has 0 amide bonds. The highest BCUT2D eigenvalue weighted by Gasteiger charge is 2.13. The second-order valence-corrected chi connectivity index (χ2v) is 4.73. The lowest BCUT2D eigenvalue weighted by Gasteiger charge is -2.26. The van der Waals surface area contributed by atoms with Crippen LogP contribution in [0.3, 0.4) is 0 Å². The maximum absolute atomic E-state index is 9.90. The van der Waals surface area contributed by atoms with Crippen LogP contribution < -0.4 is 10.5 Å². The van der Waals surface area contributed by atoms with E-state index in [9.17, 15) is 5.11 Å². The normalized spacial score (nSPS) is 14.5. The van der Waals surface area contributed by atoms with Gasteiger partial charge in [-0.25, -0.2) is 0 Å². The molecule has 1 aromatic carbocycles. The van der Waals surface area contributed by atoms with Gasteiger partial charge in [0.2, 0.25) is 0 Å². The minimum absolute atomic E-state index is 0.282. The minimum atomic E-state index is -0.495. The van der Waals surface area contributed by atoms with Crippen molar-refractivity contribution in [1.82, 2.24) is 4.90 Å². The number of hydrogen-bond donors (Lipinski definition) is 2. The lowest BCUT2D eigenvalue weighted by molar-refractivity contribution is 0.0649. The van der Waals surface area contributed by atoms with Gasteiger partial charge in [-0.05, 0) is 32.5 Å². The molecule has 0 saturated carbocycles. The van der Waals surface area contributed by atoms with Gasteiger partial charge in [-0.1, -0.05) is 13.0 Å². The molecule has 1 rings (SSSR count). The number of nitrogen functional groups attached to an aromatic ring is 1. The molecule has 0 heterocycles. The highest BCUT2D eigenvalue weighted by Crippen LogP contribution is 2.14. The fourth-order valence-corrected chi connectivity index (χ4v) is 1.67. The van der Waals surface area contributed by atoms with Crippen molar-refractivity contribution in [1.29, 1.82) is 0 Å². The minimum Gasteiger partial charge on any atom is -0.491 e. The Morgan fingerprint density at radius 2 is 2.17 bits per heavy atom. The number of nitrogens with two attached hydrogens (primary N) is 1. The van der Waals surface area contributed by atoms with Gasteiger partial charge in [0.25, 0.3) is 0 Å². The maximum atomic E-state index is 9.90. The average molecular weight is 252 g/mol. The second kappa shape index (κ2) is 7.24. The molecule has 0 aliphatic carbocycles. The van der Waals surface area contributed by atoms with Crippen LogP contribution in [0.2, 0.25) is 0 Å². The molecule has 3 N–H and O–H groups in total. The van der Waals surface area contributed by atoms with Crippen LogP contribution >= 0.6 is 0 Å². The summed E-state index contributed by atoms with van der Waals surface area (Å²) >= 11 is 0. The molecule has 0 aromatic heterocycles. The van der Waals surface area contributed by atoms with Gasteiger partial charge in [-0.2, -0.15) is 0 Å². The molecule has 1 aromatic rings. The zero-order valence-electron chi connectivity index (χ0n) is 11.5. The Hall–Kier alpha value is -1.26. The lowest BCUT2D eigenvalue weighted by atomic mass is 10.2. The molecule has 0 bridgehead atoms. The summed E-state index contributed by atoms with van der Waals surface area (Å²) in [5.74, 6) is 0.695. The number of aliphatic hydroxyl groups is 1. The van der Waals surface area contributed by atoms with Crippen LogP contribution in [0.4, 0.5) is 5.69 Å². The molecule has 0 aliphatic rings. The third-order valence-electron chi connectivity index (χ3n) is 3.14. The van der Waals surface area contributed by atoms with E-state index in [-0.39, 0.29) is 6.61 Å². The smallest absolute Gasteiger partial charge is 0.121 e. The van der Waals surface area contributed by atoms with Gasteiger partial charge in [0, 0.05) is 24.3 Å². The number of hydrogen-bond acceptors (Lipinski definition) is 4. The Balaban J connectivity index is 2.35. The molecule has 0 fully saturated rings. The summed E-state index contributed by atoms with van der Waals surface area (Å²) in [4.78, 5) is 2.13. The van der Waals surface area contributed by atoms with E-state index in [0.29, 0.717) is 24.0 Å². The summed E-state index contributed by atoms with van der Waals surface area (Å²) in [6.07, 6.45) is 0.574. The van der Waals surface area contributed by atoms with Crippen LogP contribution in [0.1, 0.15) is 20.3 Å². The van der Waals surface area contributed by atoms with Crippen molar-refractivity contribution < 1.29 is 9.84 Å². The van der Waals surface area contributed by atoms with Crippen molar-refractivity contribution >= 4 is 5.69 Å². The van der Waals surface area contributed by atoms with Crippen molar-refractivity contribution in [2.24, 2.45) is 0 Å². The van der Waals surface area contributed by atoms with Gasteiger partial charge < -0.3 is 20.5 Å². The molecule has 4 nitrogen and oxygen atoms in total. The highest BCUT2D eigenvalue weighted by atomic mass is 16.5.